The first-order valence-corrected chi connectivity index (χ1v) is 8.85. The van der Waals surface area contributed by atoms with E-state index in [-0.39, 0.29) is 18.3 Å². The number of benzene rings is 2. The van der Waals surface area contributed by atoms with Gasteiger partial charge in [-0.25, -0.2) is 0 Å². The van der Waals surface area contributed by atoms with E-state index in [4.69, 9.17) is 39.5 Å². The normalized spacial score (nSPS) is 10.5. The van der Waals surface area contributed by atoms with Gasteiger partial charge in [-0.15, -0.1) is 0 Å². The minimum Gasteiger partial charge on any atom is -0.481 e. The third kappa shape index (κ3) is 4.24. The van der Waals surface area contributed by atoms with Gasteiger partial charge in [0.1, 0.15) is 0 Å². The minimum atomic E-state index is -0.300. The van der Waals surface area contributed by atoms with Crippen molar-refractivity contribution in [2.75, 3.05) is 11.9 Å². The molecule has 0 aliphatic carbocycles. The molecule has 0 unspecified atom stereocenters. The van der Waals surface area contributed by atoms with Crippen LogP contribution in [0.25, 0.3) is 0 Å². The second-order valence-electron chi connectivity index (χ2n) is 4.84. The summed E-state index contributed by atoms with van der Waals surface area (Å²) in [6.07, 6.45) is 0. The lowest BCUT2D eigenvalue weighted by Crippen LogP contribution is -2.21. The third-order valence-corrected chi connectivity index (χ3v) is 5.63. The molecule has 1 N–H and O–H groups in total. The van der Waals surface area contributed by atoms with Crippen LogP contribution in [-0.4, -0.2) is 12.5 Å². The summed E-state index contributed by atoms with van der Waals surface area (Å²) in [5.41, 5.74) is 2.06. The molecule has 122 valence electrons. The highest BCUT2D eigenvalue weighted by Gasteiger charge is 2.18. The molecule has 0 atom stereocenters. The molecule has 0 aliphatic heterocycles. The molecule has 0 heterocycles. The Labute approximate surface area is 163 Å². The average Bonchev–Trinajstić information content (AvgIpc) is 2.53. The molecule has 2 aromatic rings. The summed E-state index contributed by atoms with van der Waals surface area (Å²) in [7, 11) is 0. The average molecular weight is 485 g/mol. The molecule has 0 aromatic heterocycles. The summed E-state index contributed by atoms with van der Waals surface area (Å²) in [6.45, 7) is 3.34. The van der Waals surface area contributed by atoms with Crippen LogP contribution in [0.5, 0.6) is 5.75 Å². The number of nitrogens with one attached hydrogen (secondary N) is 1. The maximum absolute atomic E-state index is 12.0. The van der Waals surface area contributed by atoms with Crippen molar-refractivity contribution in [2.24, 2.45) is 0 Å². The van der Waals surface area contributed by atoms with Gasteiger partial charge in [-0.3, -0.25) is 4.79 Å². The largest absolute Gasteiger partial charge is 0.481 e. The van der Waals surface area contributed by atoms with E-state index in [1.165, 1.54) is 0 Å². The van der Waals surface area contributed by atoms with Gasteiger partial charge < -0.3 is 10.1 Å². The predicted molar refractivity (Wildman–Crippen MR) is 104 cm³/mol. The molecule has 0 fully saturated rings. The number of hydrogen-bond acceptors (Lipinski definition) is 2. The molecule has 7 heteroatoms. The van der Waals surface area contributed by atoms with Crippen LogP contribution in [-0.2, 0) is 4.79 Å². The van der Waals surface area contributed by atoms with Crippen molar-refractivity contribution in [1.29, 1.82) is 0 Å². The minimum absolute atomic E-state index is 0.203. The van der Waals surface area contributed by atoms with E-state index < -0.39 is 0 Å². The number of anilines is 1. The number of halogens is 4. The Balaban J connectivity index is 2.13. The van der Waals surface area contributed by atoms with E-state index in [2.05, 4.69) is 27.9 Å². The van der Waals surface area contributed by atoms with Crippen LogP contribution in [0, 0.1) is 17.4 Å². The highest BCUT2D eigenvalue weighted by atomic mass is 127. The Morgan fingerprint density at radius 3 is 2.22 bits per heavy atom. The van der Waals surface area contributed by atoms with Gasteiger partial charge in [0.05, 0.1) is 15.7 Å². The molecular weight excluding hydrogens is 471 g/mol. The molecule has 0 saturated carbocycles. The first kappa shape index (κ1) is 18.6. The summed E-state index contributed by atoms with van der Waals surface area (Å²) < 4.78 is 6.46. The van der Waals surface area contributed by atoms with Gasteiger partial charge in [0, 0.05) is 8.59 Å². The second kappa shape index (κ2) is 7.92. The Morgan fingerprint density at radius 1 is 1.09 bits per heavy atom. The van der Waals surface area contributed by atoms with Crippen LogP contribution >= 0.6 is 57.4 Å². The predicted octanol–water partition coefficient (Wildman–Crippen LogP) is 5.89. The molecule has 1 amide bonds. The fraction of sp³-hybridized carbons (Fsp3) is 0.188. The van der Waals surface area contributed by atoms with Gasteiger partial charge in [-0.05, 0) is 59.7 Å². The van der Waals surface area contributed by atoms with Gasteiger partial charge in [-0.1, -0.05) is 46.9 Å². The van der Waals surface area contributed by atoms with Crippen LogP contribution < -0.4 is 10.1 Å². The van der Waals surface area contributed by atoms with E-state index in [0.29, 0.717) is 26.2 Å². The number of carbonyl (C=O) groups is 1. The SMILES string of the molecule is Cc1c(Cl)c(C)c(Cl)c(OCC(=O)Nc2ccccc2I)c1Cl. The Morgan fingerprint density at radius 2 is 1.65 bits per heavy atom. The summed E-state index contributed by atoms with van der Waals surface area (Å²) in [5, 5.41) is 3.90. The van der Waals surface area contributed by atoms with Gasteiger partial charge >= 0.3 is 0 Å². The van der Waals surface area contributed by atoms with E-state index >= 15 is 0 Å². The first-order chi connectivity index (χ1) is 10.8. The van der Waals surface area contributed by atoms with Crippen molar-refractivity contribution in [1.82, 2.24) is 0 Å². The van der Waals surface area contributed by atoms with Crippen molar-refractivity contribution in [2.45, 2.75) is 13.8 Å². The Kier molecular flexibility index (Phi) is 6.42. The highest BCUT2D eigenvalue weighted by Crippen LogP contribution is 2.42. The number of hydrogen-bond donors (Lipinski definition) is 1. The molecular formula is C16H13Cl3INO2. The zero-order valence-corrected chi connectivity index (χ0v) is 16.8. The lowest BCUT2D eigenvalue weighted by molar-refractivity contribution is -0.118. The molecule has 3 nitrogen and oxygen atoms in total. The van der Waals surface area contributed by atoms with Crippen LogP contribution in [0.3, 0.4) is 0 Å². The maximum Gasteiger partial charge on any atom is 0.262 e. The van der Waals surface area contributed by atoms with E-state index in [0.717, 1.165) is 9.26 Å². The topological polar surface area (TPSA) is 38.3 Å². The van der Waals surface area contributed by atoms with Crippen molar-refractivity contribution in [3.8, 4) is 5.75 Å². The molecule has 2 aromatic carbocycles. The first-order valence-electron chi connectivity index (χ1n) is 6.63. The van der Waals surface area contributed by atoms with Gasteiger partial charge in [0.15, 0.2) is 12.4 Å². The fourth-order valence-corrected chi connectivity index (χ4v) is 3.27. The second-order valence-corrected chi connectivity index (χ2v) is 7.13. The zero-order chi connectivity index (χ0) is 17.1. The fourth-order valence-electron chi connectivity index (χ4n) is 1.92. The van der Waals surface area contributed by atoms with Gasteiger partial charge in [-0.2, -0.15) is 0 Å². The number of amides is 1. The van der Waals surface area contributed by atoms with Crippen LogP contribution in [0.4, 0.5) is 5.69 Å². The Hall–Kier alpha value is -0.690. The van der Waals surface area contributed by atoms with Crippen molar-refractivity contribution >= 4 is 69.0 Å². The van der Waals surface area contributed by atoms with E-state index in [1.54, 1.807) is 13.8 Å². The van der Waals surface area contributed by atoms with Crippen molar-refractivity contribution < 1.29 is 9.53 Å². The third-order valence-electron chi connectivity index (χ3n) is 3.21. The van der Waals surface area contributed by atoms with Gasteiger partial charge in [0.2, 0.25) is 0 Å². The highest BCUT2D eigenvalue weighted by molar-refractivity contribution is 14.1. The van der Waals surface area contributed by atoms with E-state index in [9.17, 15) is 4.79 Å². The molecule has 0 bridgehead atoms. The summed E-state index contributed by atoms with van der Waals surface area (Å²) in [4.78, 5) is 12.0. The summed E-state index contributed by atoms with van der Waals surface area (Å²) in [5.74, 6) is -0.0304. The molecule has 23 heavy (non-hydrogen) atoms. The molecule has 0 saturated heterocycles. The lowest BCUT2D eigenvalue weighted by Gasteiger charge is -2.15. The van der Waals surface area contributed by atoms with Crippen molar-refractivity contribution in [3.63, 3.8) is 0 Å². The summed E-state index contributed by atoms with van der Waals surface area (Å²) in [6, 6.07) is 7.46. The van der Waals surface area contributed by atoms with Crippen LogP contribution in [0.1, 0.15) is 11.1 Å². The smallest absolute Gasteiger partial charge is 0.262 e. The number of para-hydroxylation sites is 1. The van der Waals surface area contributed by atoms with Gasteiger partial charge in [0.25, 0.3) is 5.91 Å². The molecule has 0 aliphatic rings. The molecule has 0 spiro atoms. The number of carbonyl (C=O) groups excluding carboxylic acids is 1. The zero-order valence-electron chi connectivity index (χ0n) is 12.3. The molecule has 0 radical (unpaired) electrons. The maximum atomic E-state index is 12.0. The standard InChI is InChI=1S/C16H13Cl3INO2/c1-8-13(17)9(2)15(19)16(14(8)18)23-7-12(22)21-11-6-4-3-5-10(11)20/h3-6H,7H2,1-2H3,(H,21,22). The lowest BCUT2D eigenvalue weighted by atomic mass is 10.1. The number of rotatable bonds is 4. The summed E-state index contributed by atoms with van der Waals surface area (Å²) >= 11 is 20.7. The molecule has 2 rings (SSSR count). The number of ether oxygens (including phenoxy) is 1. The quantitative estimate of drug-likeness (QED) is 0.550. The van der Waals surface area contributed by atoms with Crippen molar-refractivity contribution in [3.05, 3.63) is 54.0 Å². The van der Waals surface area contributed by atoms with Crippen LogP contribution in [0.2, 0.25) is 15.1 Å². The monoisotopic (exact) mass is 483 g/mol. The van der Waals surface area contributed by atoms with E-state index in [1.807, 2.05) is 24.3 Å². The Bertz CT molecular complexity index is 736. The van der Waals surface area contributed by atoms with Crippen LogP contribution in [0.15, 0.2) is 24.3 Å².